The van der Waals surface area contributed by atoms with E-state index in [9.17, 15) is 18.7 Å². The molecule has 0 aliphatic carbocycles. The highest BCUT2D eigenvalue weighted by Gasteiger charge is 2.31. The van der Waals surface area contributed by atoms with E-state index < -0.39 is 18.4 Å². The normalized spacial score (nSPS) is 23.2. The van der Waals surface area contributed by atoms with Gasteiger partial charge in [0.2, 0.25) is 0 Å². The summed E-state index contributed by atoms with van der Waals surface area (Å²) >= 11 is 0. The first-order valence-electron chi connectivity index (χ1n) is 6.58. The lowest BCUT2D eigenvalue weighted by atomic mass is 10.1. The monoisotopic (exact) mass is 284 g/mol. The average molecular weight is 284 g/mol. The fourth-order valence-corrected chi connectivity index (χ4v) is 2.48. The summed E-state index contributed by atoms with van der Waals surface area (Å²) in [6.45, 7) is 1.25. The molecule has 0 radical (unpaired) electrons. The van der Waals surface area contributed by atoms with E-state index in [-0.39, 0.29) is 12.6 Å². The number of halogens is 2. The lowest BCUT2D eigenvalue weighted by Crippen LogP contribution is -2.41. The fraction of sp³-hybridized carbons (Fsp3) is 0.500. The number of aliphatic hydroxyl groups is 1. The van der Waals surface area contributed by atoms with Gasteiger partial charge in [-0.3, -0.25) is 9.69 Å². The van der Waals surface area contributed by atoms with Crippen molar-refractivity contribution < 1.29 is 18.7 Å². The van der Waals surface area contributed by atoms with Crippen LogP contribution >= 0.6 is 0 Å². The molecule has 2 N–H and O–H groups in total. The summed E-state index contributed by atoms with van der Waals surface area (Å²) in [6, 6.07) is 9.60. The Morgan fingerprint density at radius 2 is 2.10 bits per heavy atom. The van der Waals surface area contributed by atoms with Gasteiger partial charge in [0.15, 0.2) is 0 Å². The zero-order valence-corrected chi connectivity index (χ0v) is 11.0. The number of nitrogens with zero attached hydrogens (tertiary/aromatic N) is 1. The molecule has 1 heterocycles. The summed E-state index contributed by atoms with van der Waals surface area (Å²) in [5.74, 6) is -1.26. The quantitative estimate of drug-likeness (QED) is 0.848. The van der Waals surface area contributed by atoms with Crippen LogP contribution in [0.15, 0.2) is 30.3 Å². The van der Waals surface area contributed by atoms with Gasteiger partial charge >= 0.3 is 6.43 Å². The molecule has 2 atom stereocenters. The molecule has 1 aromatic rings. The van der Waals surface area contributed by atoms with E-state index in [1.807, 2.05) is 35.2 Å². The predicted octanol–water partition coefficient (Wildman–Crippen LogP) is 1.00. The van der Waals surface area contributed by atoms with E-state index in [4.69, 9.17) is 0 Å². The molecule has 0 spiro atoms. The van der Waals surface area contributed by atoms with E-state index in [2.05, 4.69) is 5.32 Å². The van der Waals surface area contributed by atoms with Gasteiger partial charge in [-0.2, -0.15) is 8.78 Å². The summed E-state index contributed by atoms with van der Waals surface area (Å²) in [7, 11) is 0. The number of likely N-dealkylation sites (tertiary alicyclic amines) is 1. The van der Waals surface area contributed by atoms with Gasteiger partial charge in [-0.1, -0.05) is 30.3 Å². The molecule has 0 aromatic heterocycles. The molecule has 1 aliphatic rings. The Morgan fingerprint density at radius 1 is 1.40 bits per heavy atom. The number of benzene rings is 1. The third kappa shape index (κ3) is 3.98. The first-order chi connectivity index (χ1) is 9.56. The molecule has 1 aliphatic heterocycles. The molecule has 6 heteroatoms. The van der Waals surface area contributed by atoms with Gasteiger partial charge in [-0.05, 0) is 12.0 Å². The van der Waals surface area contributed by atoms with Crippen molar-refractivity contribution in [1.82, 2.24) is 10.2 Å². The van der Waals surface area contributed by atoms with Crippen LogP contribution in [0.3, 0.4) is 0 Å². The van der Waals surface area contributed by atoms with Crippen LogP contribution in [-0.4, -0.2) is 47.6 Å². The van der Waals surface area contributed by atoms with Gasteiger partial charge in [0.25, 0.3) is 5.91 Å². The van der Waals surface area contributed by atoms with Crippen LogP contribution in [0.4, 0.5) is 8.78 Å². The van der Waals surface area contributed by atoms with Crippen molar-refractivity contribution in [2.45, 2.75) is 31.5 Å². The lowest BCUT2D eigenvalue weighted by molar-refractivity contribution is -0.131. The van der Waals surface area contributed by atoms with Crippen LogP contribution in [0.25, 0.3) is 0 Å². The summed E-state index contributed by atoms with van der Waals surface area (Å²) in [4.78, 5) is 12.9. The molecule has 1 saturated heterocycles. The number of β-amino-alcohol motifs (C(OH)–C–C–N with tert-alkyl or cyclic N) is 1. The van der Waals surface area contributed by atoms with Crippen molar-refractivity contribution in [3.63, 3.8) is 0 Å². The smallest absolute Gasteiger partial charge is 0.315 e. The molecule has 1 amide bonds. The highest BCUT2D eigenvalue weighted by Crippen LogP contribution is 2.20. The second kappa shape index (κ2) is 6.76. The number of alkyl halides is 2. The minimum atomic E-state index is -3.00. The summed E-state index contributed by atoms with van der Waals surface area (Å²) < 4.78 is 24.3. The van der Waals surface area contributed by atoms with Gasteiger partial charge in [-0.15, -0.1) is 0 Å². The van der Waals surface area contributed by atoms with Crippen molar-refractivity contribution in [1.29, 1.82) is 0 Å². The van der Waals surface area contributed by atoms with Gasteiger partial charge in [0, 0.05) is 25.7 Å². The molecule has 0 saturated carbocycles. The van der Waals surface area contributed by atoms with Gasteiger partial charge in [0.05, 0.1) is 6.10 Å². The molecule has 110 valence electrons. The number of carbonyl (C=O) groups excluding carboxylic acids is 1. The summed E-state index contributed by atoms with van der Waals surface area (Å²) in [5.41, 5.74) is 1.09. The van der Waals surface area contributed by atoms with Crippen LogP contribution in [0.5, 0.6) is 0 Å². The van der Waals surface area contributed by atoms with E-state index in [1.165, 1.54) is 0 Å². The molecule has 1 fully saturated rings. The maximum atomic E-state index is 12.1. The van der Waals surface area contributed by atoms with Crippen LogP contribution < -0.4 is 5.32 Å². The van der Waals surface area contributed by atoms with Crippen molar-refractivity contribution in [2.75, 3.05) is 13.1 Å². The number of aliphatic hydroxyl groups excluding tert-OH is 1. The Bertz CT molecular complexity index is 442. The van der Waals surface area contributed by atoms with E-state index in [1.54, 1.807) is 0 Å². The number of nitrogens with one attached hydrogen (secondary N) is 1. The van der Waals surface area contributed by atoms with Crippen LogP contribution in [0.2, 0.25) is 0 Å². The topological polar surface area (TPSA) is 52.6 Å². The Labute approximate surface area is 116 Å². The first-order valence-corrected chi connectivity index (χ1v) is 6.58. The molecule has 0 unspecified atom stereocenters. The number of amides is 1. The highest BCUT2D eigenvalue weighted by atomic mass is 19.3. The summed E-state index contributed by atoms with van der Waals surface area (Å²) in [5, 5.41) is 11.9. The zero-order valence-electron chi connectivity index (χ0n) is 11.0. The van der Waals surface area contributed by atoms with E-state index >= 15 is 0 Å². The van der Waals surface area contributed by atoms with Crippen LogP contribution in [0.1, 0.15) is 12.0 Å². The highest BCUT2D eigenvalue weighted by molar-refractivity contribution is 5.79. The SMILES string of the molecule is O=C(NC[C@H]1C[C@H](O)CN1Cc1ccccc1)C(F)F. The number of rotatable bonds is 5. The van der Waals surface area contributed by atoms with Gasteiger partial charge < -0.3 is 10.4 Å². The number of hydrogen-bond acceptors (Lipinski definition) is 3. The lowest BCUT2D eigenvalue weighted by Gasteiger charge is -2.24. The van der Waals surface area contributed by atoms with Crippen LogP contribution in [-0.2, 0) is 11.3 Å². The Kier molecular flexibility index (Phi) is 5.03. The Morgan fingerprint density at radius 3 is 2.75 bits per heavy atom. The predicted molar refractivity (Wildman–Crippen MR) is 70.3 cm³/mol. The Hall–Kier alpha value is -1.53. The van der Waals surface area contributed by atoms with Gasteiger partial charge in [-0.25, -0.2) is 0 Å². The summed E-state index contributed by atoms with van der Waals surface area (Å²) in [6.07, 6.45) is -2.99. The third-order valence-corrected chi connectivity index (χ3v) is 3.44. The maximum Gasteiger partial charge on any atom is 0.315 e. The van der Waals surface area contributed by atoms with Crippen molar-refractivity contribution in [3.8, 4) is 0 Å². The second-order valence-electron chi connectivity index (χ2n) is 5.00. The van der Waals surface area contributed by atoms with Crippen molar-refractivity contribution in [2.24, 2.45) is 0 Å². The van der Waals surface area contributed by atoms with Crippen molar-refractivity contribution in [3.05, 3.63) is 35.9 Å². The molecular weight excluding hydrogens is 266 g/mol. The fourth-order valence-electron chi connectivity index (χ4n) is 2.48. The Balaban J connectivity index is 1.91. The molecule has 0 bridgehead atoms. The second-order valence-corrected chi connectivity index (χ2v) is 5.00. The first kappa shape index (κ1) is 14.9. The standard InChI is InChI=1S/C14H18F2N2O2/c15-13(16)14(20)17-7-11-6-12(19)9-18(11)8-10-4-2-1-3-5-10/h1-5,11-13,19H,6-9H2,(H,17,20)/t11-,12+/m1/s1. The third-order valence-electron chi connectivity index (χ3n) is 3.44. The maximum absolute atomic E-state index is 12.1. The number of carbonyl (C=O) groups is 1. The zero-order chi connectivity index (χ0) is 14.5. The van der Waals surface area contributed by atoms with Crippen LogP contribution in [0, 0.1) is 0 Å². The molecule has 20 heavy (non-hydrogen) atoms. The largest absolute Gasteiger partial charge is 0.392 e. The molecule has 2 rings (SSSR count). The average Bonchev–Trinajstić information content (AvgIpc) is 2.77. The molecule has 1 aromatic carbocycles. The molecular formula is C14H18F2N2O2. The van der Waals surface area contributed by atoms with E-state index in [0.717, 1.165) is 5.56 Å². The minimum absolute atomic E-state index is 0.118. The molecule has 4 nitrogen and oxygen atoms in total. The van der Waals surface area contributed by atoms with E-state index in [0.29, 0.717) is 19.5 Å². The van der Waals surface area contributed by atoms with Gasteiger partial charge in [0.1, 0.15) is 0 Å². The minimum Gasteiger partial charge on any atom is -0.392 e. The number of hydrogen-bond donors (Lipinski definition) is 2. The van der Waals surface area contributed by atoms with Crippen molar-refractivity contribution >= 4 is 5.91 Å².